The van der Waals surface area contributed by atoms with Crippen molar-refractivity contribution in [3.63, 3.8) is 0 Å². The minimum atomic E-state index is -1.51. The van der Waals surface area contributed by atoms with E-state index in [0.717, 1.165) is 11.8 Å². The monoisotopic (exact) mass is 376 g/mol. The van der Waals surface area contributed by atoms with E-state index in [9.17, 15) is 25.1 Å². The number of nitrogens with zero attached hydrogens (tertiary/aromatic N) is 2. The first kappa shape index (κ1) is 20.1. The van der Waals surface area contributed by atoms with Crippen molar-refractivity contribution in [2.75, 3.05) is 12.3 Å². The van der Waals surface area contributed by atoms with Crippen molar-refractivity contribution in [3.05, 3.63) is 63.3 Å². The third-order valence-corrected chi connectivity index (χ3v) is 3.91. The summed E-state index contributed by atoms with van der Waals surface area (Å²) < 4.78 is 4.99. The number of carbonyl (C=O) groups is 1. The number of carbonyl (C=O) groups excluding carboxylic acids is 1. The number of nitrogen functional groups attached to an aromatic ring is 1. The van der Waals surface area contributed by atoms with Crippen LogP contribution >= 0.6 is 0 Å². The van der Waals surface area contributed by atoms with Gasteiger partial charge in [0.15, 0.2) is 0 Å². The summed E-state index contributed by atoms with van der Waals surface area (Å²) in [7, 11) is 0. The fourth-order valence-corrected chi connectivity index (χ4v) is 2.44. The highest BCUT2D eigenvalue weighted by Crippen LogP contribution is 2.30. The van der Waals surface area contributed by atoms with E-state index in [0.29, 0.717) is 0 Å². The molecule has 2 atom stereocenters. The lowest BCUT2D eigenvalue weighted by molar-refractivity contribution is -0.384. The standard InChI is InChI=1S/C17H20N4O6/c1-10-12(7-19-16(18)14(10)21(25)26)15(23)13(22)8-20-17(24)27-9-11-5-3-2-4-6-11/h2-7,13,15,22-23H,8-9H2,1H3,(H2,18,19)(H,20,24). The molecule has 10 heteroatoms. The summed E-state index contributed by atoms with van der Waals surface area (Å²) in [5.41, 5.74) is 5.97. The van der Waals surface area contributed by atoms with Gasteiger partial charge in [0.2, 0.25) is 5.82 Å². The number of anilines is 1. The summed E-state index contributed by atoms with van der Waals surface area (Å²) >= 11 is 0. The van der Waals surface area contributed by atoms with Crippen molar-refractivity contribution in [2.45, 2.75) is 25.7 Å². The Kier molecular flexibility index (Phi) is 6.63. The summed E-state index contributed by atoms with van der Waals surface area (Å²) in [5, 5.41) is 33.7. The molecule has 0 spiro atoms. The van der Waals surface area contributed by atoms with E-state index in [1.54, 1.807) is 24.3 Å². The molecule has 1 heterocycles. The second kappa shape index (κ2) is 8.92. The maximum absolute atomic E-state index is 11.7. The number of benzene rings is 1. The summed E-state index contributed by atoms with van der Waals surface area (Å²) in [4.78, 5) is 25.7. The van der Waals surface area contributed by atoms with E-state index in [4.69, 9.17) is 10.5 Å². The maximum Gasteiger partial charge on any atom is 0.407 e. The van der Waals surface area contributed by atoms with Gasteiger partial charge in [-0.25, -0.2) is 9.78 Å². The molecule has 2 unspecified atom stereocenters. The van der Waals surface area contributed by atoms with Crippen LogP contribution in [0.4, 0.5) is 16.3 Å². The van der Waals surface area contributed by atoms with Gasteiger partial charge in [-0.15, -0.1) is 0 Å². The Balaban J connectivity index is 1.94. The van der Waals surface area contributed by atoms with Gasteiger partial charge in [0.1, 0.15) is 18.8 Å². The van der Waals surface area contributed by atoms with Gasteiger partial charge in [-0.1, -0.05) is 30.3 Å². The first-order valence-corrected chi connectivity index (χ1v) is 8.01. The van der Waals surface area contributed by atoms with Crippen LogP contribution < -0.4 is 11.1 Å². The number of pyridine rings is 1. The van der Waals surface area contributed by atoms with Crippen LogP contribution in [0.25, 0.3) is 0 Å². The van der Waals surface area contributed by atoms with Gasteiger partial charge in [0.05, 0.1) is 4.92 Å². The number of aliphatic hydroxyl groups is 2. The lowest BCUT2D eigenvalue weighted by Gasteiger charge is -2.20. The van der Waals surface area contributed by atoms with E-state index < -0.39 is 28.9 Å². The third-order valence-electron chi connectivity index (χ3n) is 3.91. The Labute approximate surface area is 154 Å². The van der Waals surface area contributed by atoms with E-state index in [-0.39, 0.29) is 30.1 Å². The van der Waals surface area contributed by atoms with Crippen LogP contribution in [-0.4, -0.2) is 38.9 Å². The highest BCUT2D eigenvalue weighted by Gasteiger charge is 2.27. The highest BCUT2D eigenvalue weighted by atomic mass is 16.6. The van der Waals surface area contributed by atoms with Crippen LogP contribution in [0.3, 0.4) is 0 Å². The van der Waals surface area contributed by atoms with E-state index in [1.165, 1.54) is 6.92 Å². The Morgan fingerprint density at radius 3 is 2.67 bits per heavy atom. The molecule has 0 aliphatic carbocycles. The Hall–Kier alpha value is -3.24. The minimum absolute atomic E-state index is 0.0443. The Morgan fingerprint density at radius 2 is 2.04 bits per heavy atom. The topological polar surface area (TPSA) is 161 Å². The van der Waals surface area contributed by atoms with Gasteiger partial charge in [0, 0.05) is 23.9 Å². The molecule has 1 aromatic carbocycles. The number of aliphatic hydroxyl groups excluding tert-OH is 2. The number of hydrogen-bond acceptors (Lipinski definition) is 8. The molecular formula is C17H20N4O6. The first-order chi connectivity index (χ1) is 12.8. The molecule has 2 rings (SSSR count). The minimum Gasteiger partial charge on any atom is -0.445 e. The zero-order valence-corrected chi connectivity index (χ0v) is 14.5. The van der Waals surface area contributed by atoms with Crippen molar-refractivity contribution >= 4 is 17.6 Å². The van der Waals surface area contributed by atoms with Crippen LogP contribution in [-0.2, 0) is 11.3 Å². The molecule has 1 aromatic heterocycles. The van der Waals surface area contributed by atoms with Crippen molar-refractivity contribution in [3.8, 4) is 0 Å². The maximum atomic E-state index is 11.7. The average Bonchev–Trinajstić information content (AvgIpc) is 2.64. The number of rotatable bonds is 7. The smallest absolute Gasteiger partial charge is 0.407 e. The molecule has 0 saturated heterocycles. The van der Waals surface area contributed by atoms with E-state index in [2.05, 4.69) is 10.3 Å². The van der Waals surface area contributed by atoms with Gasteiger partial charge in [0.25, 0.3) is 0 Å². The number of alkyl carbamates (subject to hydrolysis) is 1. The van der Waals surface area contributed by atoms with Crippen molar-refractivity contribution in [1.82, 2.24) is 10.3 Å². The first-order valence-electron chi connectivity index (χ1n) is 8.01. The number of nitrogens with one attached hydrogen (secondary N) is 1. The van der Waals surface area contributed by atoms with Crippen molar-refractivity contribution < 1.29 is 24.7 Å². The molecule has 0 radical (unpaired) electrons. The zero-order valence-electron chi connectivity index (χ0n) is 14.5. The quantitative estimate of drug-likeness (QED) is 0.414. The Morgan fingerprint density at radius 1 is 1.37 bits per heavy atom. The molecule has 0 saturated carbocycles. The van der Waals surface area contributed by atoms with Gasteiger partial charge in [-0.3, -0.25) is 10.1 Å². The Bertz CT molecular complexity index is 815. The number of ether oxygens (including phenoxy) is 1. The number of hydrogen-bond donors (Lipinski definition) is 4. The highest BCUT2D eigenvalue weighted by molar-refractivity contribution is 5.67. The molecule has 0 fully saturated rings. The molecule has 0 bridgehead atoms. The van der Waals surface area contributed by atoms with Crippen LogP contribution in [0.15, 0.2) is 36.5 Å². The third kappa shape index (κ3) is 5.12. The van der Waals surface area contributed by atoms with E-state index >= 15 is 0 Å². The van der Waals surface area contributed by atoms with Gasteiger partial charge < -0.3 is 26.0 Å². The van der Waals surface area contributed by atoms with Crippen LogP contribution in [0, 0.1) is 17.0 Å². The molecule has 144 valence electrons. The normalized spacial score (nSPS) is 12.9. The number of nitrogens with two attached hydrogens (primary N) is 1. The summed E-state index contributed by atoms with van der Waals surface area (Å²) in [5.74, 6) is -0.287. The molecule has 2 aromatic rings. The summed E-state index contributed by atoms with van der Waals surface area (Å²) in [6.45, 7) is 1.12. The molecule has 10 nitrogen and oxygen atoms in total. The fourth-order valence-electron chi connectivity index (χ4n) is 2.44. The SMILES string of the molecule is Cc1c(C(O)C(O)CNC(=O)OCc2ccccc2)cnc(N)c1[N+](=O)[O-]. The number of nitro groups is 1. The number of amides is 1. The zero-order chi connectivity index (χ0) is 20.0. The van der Waals surface area contributed by atoms with Gasteiger partial charge >= 0.3 is 11.8 Å². The van der Waals surface area contributed by atoms with Crippen molar-refractivity contribution in [1.29, 1.82) is 0 Å². The van der Waals surface area contributed by atoms with Crippen LogP contribution in [0.5, 0.6) is 0 Å². The van der Waals surface area contributed by atoms with E-state index in [1.807, 2.05) is 6.07 Å². The molecule has 1 amide bonds. The molecule has 0 aliphatic heterocycles. The second-order valence-corrected chi connectivity index (χ2v) is 5.78. The molecule has 0 aliphatic rings. The van der Waals surface area contributed by atoms with Gasteiger partial charge in [-0.2, -0.15) is 0 Å². The van der Waals surface area contributed by atoms with Gasteiger partial charge in [-0.05, 0) is 12.5 Å². The average molecular weight is 376 g/mol. The largest absolute Gasteiger partial charge is 0.445 e. The van der Waals surface area contributed by atoms with Crippen LogP contribution in [0.2, 0.25) is 0 Å². The summed E-state index contributed by atoms with van der Waals surface area (Å²) in [6.07, 6.45) is -2.56. The summed E-state index contributed by atoms with van der Waals surface area (Å²) in [6, 6.07) is 9.02. The second-order valence-electron chi connectivity index (χ2n) is 5.78. The molecule has 5 N–H and O–H groups in total. The molecular weight excluding hydrogens is 356 g/mol. The predicted molar refractivity (Wildman–Crippen MR) is 95.6 cm³/mol. The number of aromatic nitrogens is 1. The predicted octanol–water partition coefficient (Wildman–Crippen LogP) is 1.20. The van der Waals surface area contributed by atoms with Crippen molar-refractivity contribution in [2.24, 2.45) is 0 Å². The lowest BCUT2D eigenvalue weighted by Crippen LogP contribution is -2.36. The fraction of sp³-hybridized carbons (Fsp3) is 0.294. The molecule has 27 heavy (non-hydrogen) atoms. The lowest BCUT2D eigenvalue weighted by atomic mass is 10.0. The van der Waals surface area contributed by atoms with Crippen LogP contribution in [0.1, 0.15) is 22.8 Å².